The summed E-state index contributed by atoms with van der Waals surface area (Å²) in [5, 5.41) is 13.6. The molecular weight excluding hydrogens is 200 g/mol. The van der Waals surface area contributed by atoms with Crippen molar-refractivity contribution in [3.05, 3.63) is 24.3 Å². The second kappa shape index (κ2) is 7.36. The predicted molar refractivity (Wildman–Crippen MR) is 69.0 cm³/mol. The molecule has 0 unspecified atom stereocenters. The summed E-state index contributed by atoms with van der Waals surface area (Å²) in [7, 11) is 1.71. The van der Waals surface area contributed by atoms with Crippen LogP contribution >= 0.6 is 0 Å². The van der Waals surface area contributed by atoms with Gasteiger partial charge >= 0.3 is 0 Å². The summed E-state index contributed by atoms with van der Waals surface area (Å²) in [6.07, 6.45) is 9.39. The van der Waals surface area contributed by atoms with E-state index in [2.05, 4.69) is 16.9 Å². The largest absolute Gasteiger partial charge is 0.387 e. The van der Waals surface area contributed by atoms with Crippen LogP contribution in [0.3, 0.4) is 0 Å². The van der Waals surface area contributed by atoms with Gasteiger partial charge in [0.1, 0.15) is 0 Å². The van der Waals surface area contributed by atoms with E-state index in [0.717, 1.165) is 18.5 Å². The third kappa shape index (κ3) is 3.91. The van der Waals surface area contributed by atoms with Crippen LogP contribution in [0.15, 0.2) is 29.3 Å². The Morgan fingerprint density at radius 1 is 1.50 bits per heavy atom. The first-order valence-corrected chi connectivity index (χ1v) is 5.96. The van der Waals surface area contributed by atoms with Crippen LogP contribution in [0.4, 0.5) is 0 Å². The summed E-state index contributed by atoms with van der Waals surface area (Å²) in [4.78, 5) is 3.97. The van der Waals surface area contributed by atoms with Crippen LogP contribution in [0.5, 0.6) is 0 Å². The molecule has 0 aromatic rings. The van der Waals surface area contributed by atoms with Crippen LogP contribution in [-0.2, 0) is 0 Å². The van der Waals surface area contributed by atoms with Gasteiger partial charge in [0.05, 0.1) is 6.10 Å². The molecule has 0 spiro atoms. The lowest BCUT2D eigenvalue weighted by molar-refractivity contribution is 0.164. The number of aliphatic imine (C=N–C) groups is 1. The van der Waals surface area contributed by atoms with Crippen molar-refractivity contribution < 1.29 is 5.11 Å². The molecule has 0 amide bonds. The van der Waals surface area contributed by atoms with Crippen LogP contribution in [0.25, 0.3) is 0 Å². The van der Waals surface area contributed by atoms with E-state index in [1.54, 1.807) is 19.3 Å². The second-order valence-corrected chi connectivity index (χ2v) is 4.14. The van der Waals surface area contributed by atoms with Gasteiger partial charge in [0.2, 0.25) is 0 Å². The molecule has 0 aromatic heterocycles. The van der Waals surface area contributed by atoms with Crippen LogP contribution in [0.1, 0.15) is 25.7 Å². The minimum atomic E-state index is -0.486. The Labute approximate surface area is 98.0 Å². The molecule has 0 aromatic carbocycles. The van der Waals surface area contributed by atoms with E-state index < -0.39 is 6.10 Å². The van der Waals surface area contributed by atoms with Gasteiger partial charge in [0, 0.05) is 19.3 Å². The van der Waals surface area contributed by atoms with Crippen molar-refractivity contribution in [1.82, 2.24) is 5.32 Å². The molecular formula is C13H22N2O. The van der Waals surface area contributed by atoms with E-state index in [1.165, 1.54) is 19.3 Å². The maximum absolute atomic E-state index is 10.3. The van der Waals surface area contributed by atoms with Crippen molar-refractivity contribution in [2.45, 2.75) is 37.8 Å². The molecule has 3 heteroatoms. The molecule has 2 N–H and O–H groups in total. The second-order valence-electron chi connectivity index (χ2n) is 4.14. The summed E-state index contributed by atoms with van der Waals surface area (Å²) in [6.45, 7) is 4.65. The molecule has 0 radical (unpaired) electrons. The molecule has 1 aliphatic heterocycles. The van der Waals surface area contributed by atoms with E-state index in [-0.39, 0.29) is 6.04 Å². The van der Waals surface area contributed by atoms with Gasteiger partial charge < -0.3 is 10.4 Å². The highest BCUT2D eigenvalue weighted by atomic mass is 16.3. The average molecular weight is 222 g/mol. The van der Waals surface area contributed by atoms with Crippen molar-refractivity contribution in [2.75, 3.05) is 13.6 Å². The molecule has 1 heterocycles. The molecule has 90 valence electrons. The van der Waals surface area contributed by atoms with E-state index in [9.17, 15) is 5.11 Å². The van der Waals surface area contributed by atoms with Gasteiger partial charge in [-0.25, -0.2) is 0 Å². The third-order valence-corrected chi connectivity index (χ3v) is 2.91. The number of aliphatic hydroxyl groups excluding tert-OH is 1. The standard InChI is InChI=1S/C13H22N2O/c1-3-7-11(10-14-2)13(16)12-8-5-4-6-9-15-12/h3,7,10,12-13,15-16H,1,4-6,8-9H2,2H3/b11-7+,14-10-/t12-,13+/m1/s1. The number of hydrogen-bond acceptors (Lipinski definition) is 3. The monoisotopic (exact) mass is 222 g/mol. The Kier molecular flexibility index (Phi) is 6.04. The van der Waals surface area contributed by atoms with Crippen LogP contribution in [-0.4, -0.2) is 37.1 Å². The number of allylic oxidation sites excluding steroid dienone is 2. The Balaban J connectivity index is 2.68. The lowest BCUT2D eigenvalue weighted by atomic mass is 9.99. The zero-order valence-electron chi connectivity index (χ0n) is 10.0. The summed E-state index contributed by atoms with van der Waals surface area (Å²) < 4.78 is 0. The number of hydrogen-bond donors (Lipinski definition) is 2. The molecule has 2 atom stereocenters. The van der Waals surface area contributed by atoms with E-state index in [0.29, 0.717) is 0 Å². The lowest BCUT2D eigenvalue weighted by Gasteiger charge is -2.23. The van der Waals surface area contributed by atoms with Gasteiger partial charge in [-0.3, -0.25) is 4.99 Å². The highest BCUT2D eigenvalue weighted by Gasteiger charge is 2.22. The number of aliphatic hydroxyl groups is 1. The van der Waals surface area contributed by atoms with E-state index >= 15 is 0 Å². The summed E-state index contributed by atoms with van der Waals surface area (Å²) in [5.41, 5.74) is 0.830. The zero-order chi connectivity index (χ0) is 11.8. The molecule has 1 rings (SSSR count). The quantitative estimate of drug-likeness (QED) is 0.561. The maximum Gasteiger partial charge on any atom is 0.0957 e. The lowest BCUT2D eigenvalue weighted by Crippen LogP contribution is -2.40. The summed E-state index contributed by atoms with van der Waals surface area (Å²) in [6, 6.07) is 0.145. The smallest absolute Gasteiger partial charge is 0.0957 e. The molecule has 16 heavy (non-hydrogen) atoms. The topological polar surface area (TPSA) is 44.6 Å². The summed E-state index contributed by atoms with van der Waals surface area (Å²) >= 11 is 0. The predicted octanol–water partition coefficient (Wildman–Crippen LogP) is 1.69. The number of nitrogens with one attached hydrogen (secondary N) is 1. The first-order valence-electron chi connectivity index (χ1n) is 5.96. The molecule has 1 fully saturated rings. The molecule has 1 aliphatic rings. The normalized spacial score (nSPS) is 25.4. The highest BCUT2D eigenvalue weighted by molar-refractivity contribution is 5.80. The van der Waals surface area contributed by atoms with Gasteiger partial charge in [-0.05, 0) is 25.0 Å². The van der Waals surface area contributed by atoms with Crippen molar-refractivity contribution in [2.24, 2.45) is 4.99 Å². The molecule has 0 aliphatic carbocycles. The minimum Gasteiger partial charge on any atom is -0.387 e. The molecule has 1 saturated heterocycles. The van der Waals surface area contributed by atoms with Gasteiger partial charge in [0.15, 0.2) is 0 Å². The maximum atomic E-state index is 10.3. The minimum absolute atomic E-state index is 0.145. The van der Waals surface area contributed by atoms with Gasteiger partial charge in [-0.2, -0.15) is 0 Å². The number of nitrogens with zero attached hydrogens (tertiary/aromatic N) is 1. The average Bonchev–Trinajstić information content (AvgIpc) is 2.56. The van der Waals surface area contributed by atoms with Crippen LogP contribution < -0.4 is 5.32 Å². The molecule has 3 nitrogen and oxygen atoms in total. The van der Waals surface area contributed by atoms with E-state index in [1.807, 2.05) is 6.08 Å². The van der Waals surface area contributed by atoms with Crippen LogP contribution in [0.2, 0.25) is 0 Å². The fourth-order valence-corrected chi connectivity index (χ4v) is 2.06. The van der Waals surface area contributed by atoms with Gasteiger partial charge in [-0.1, -0.05) is 31.6 Å². The SMILES string of the molecule is C=C/C=C(\C=N/C)[C@H](O)[C@H]1CCCCCN1. The summed E-state index contributed by atoms with van der Waals surface area (Å²) in [5.74, 6) is 0. The number of rotatable bonds is 4. The Bertz CT molecular complexity index is 263. The third-order valence-electron chi connectivity index (χ3n) is 2.91. The Morgan fingerprint density at radius 2 is 2.31 bits per heavy atom. The highest BCUT2D eigenvalue weighted by Crippen LogP contribution is 2.15. The van der Waals surface area contributed by atoms with Crippen molar-refractivity contribution in [3.63, 3.8) is 0 Å². The molecule has 0 bridgehead atoms. The Hall–Kier alpha value is -0.930. The fourth-order valence-electron chi connectivity index (χ4n) is 2.06. The van der Waals surface area contributed by atoms with E-state index in [4.69, 9.17) is 0 Å². The first-order chi connectivity index (χ1) is 7.79. The zero-order valence-corrected chi connectivity index (χ0v) is 10.0. The van der Waals surface area contributed by atoms with Crippen molar-refractivity contribution >= 4 is 6.21 Å². The molecule has 0 saturated carbocycles. The van der Waals surface area contributed by atoms with Crippen LogP contribution in [0, 0.1) is 0 Å². The van der Waals surface area contributed by atoms with Crippen molar-refractivity contribution in [1.29, 1.82) is 0 Å². The Morgan fingerprint density at radius 3 is 3.00 bits per heavy atom. The van der Waals surface area contributed by atoms with Gasteiger partial charge in [0.25, 0.3) is 0 Å². The van der Waals surface area contributed by atoms with Crippen molar-refractivity contribution in [3.8, 4) is 0 Å². The fraction of sp³-hybridized carbons (Fsp3) is 0.615. The van der Waals surface area contributed by atoms with Gasteiger partial charge in [-0.15, -0.1) is 0 Å². The first kappa shape index (κ1) is 13.1.